The number of hydrogen-bond donors (Lipinski definition) is 0. The number of unbranched alkanes of at least 4 members (excludes halogenated alkanes) is 36. The van der Waals surface area contributed by atoms with Crippen LogP contribution in [0.2, 0.25) is 20.8 Å². The van der Waals surface area contributed by atoms with E-state index in [9.17, 15) is 0 Å². The molecule has 0 unspecified atom stereocenters. The maximum absolute atomic E-state index is 2.34. The van der Waals surface area contributed by atoms with Crippen molar-refractivity contribution in [3.8, 4) is 0 Å². The summed E-state index contributed by atoms with van der Waals surface area (Å²) in [6.45, 7) is 9.36. The van der Waals surface area contributed by atoms with Crippen molar-refractivity contribution in [2.45, 2.75) is 305 Å². The van der Waals surface area contributed by atoms with Crippen LogP contribution in [-0.2, 0) is 0 Å². The Bertz CT molecular complexity index is 468. The van der Waals surface area contributed by atoms with Crippen molar-refractivity contribution < 1.29 is 0 Å². The van der Waals surface area contributed by atoms with E-state index in [-0.39, 0.29) is 0 Å². The van der Waals surface area contributed by atoms with Gasteiger partial charge in [-0.2, -0.15) is 0 Å². The van der Waals surface area contributed by atoms with Gasteiger partial charge < -0.3 is 0 Å². The summed E-state index contributed by atoms with van der Waals surface area (Å²) in [5.74, 6) is 0. The van der Waals surface area contributed by atoms with Crippen LogP contribution in [-0.4, -0.2) is 13.6 Å². The van der Waals surface area contributed by atoms with Gasteiger partial charge in [-0.3, -0.25) is 0 Å². The fraction of sp³-hybridized carbons (Fsp3) is 1.00. The van der Waals surface area contributed by atoms with Gasteiger partial charge in [-0.1, -0.05) is 0 Å². The first-order valence-electron chi connectivity index (χ1n) is 24.2. The second-order valence-corrected chi connectivity index (χ2v) is 27.7. The van der Waals surface area contributed by atoms with Crippen LogP contribution in [0.25, 0.3) is 0 Å². The Morgan fingerprint density at radius 1 is 0.163 bits per heavy atom. The first-order valence-corrected chi connectivity index (χ1v) is 30.2. The molecular weight excluding hydrogens is 651 g/mol. The Labute approximate surface area is 317 Å². The molecule has 0 heterocycles. The summed E-state index contributed by atoms with van der Waals surface area (Å²) in [5.41, 5.74) is 0. The second kappa shape index (κ2) is 43.0. The monoisotopic (exact) mass is 753 g/mol. The zero-order valence-corrected chi connectivity index (χ0v) is 37.7. The molecule has 0 atom stereocenters. The summed E-state index contributed by atoms with van der Waals surface area (Å²) in [7, 11) is 0. The van der Waals surface area contributed by atoms with E-state index in [0.717, 1.165) is 0 Å². The molecule has 0 spiro atoms. The van der Waals surface area contributed by atoms with Gasteiger partial charge in [0.2, 0.25) is 0 Å². The average Bonchev–Trinajstić information content (AvgIpc) is 3.11. The third-order valence-electron chi connectivity index (χ3n) is 12.2. The number of hydrogen-bond acceptors (Lipinski definition) is 0. The van der Waals surface area contributed by atoms with E-state index in [1.807, 2.05) is 0 Å². The van der Waals surface area contributed by atoms with Gasteiger partial charge >= 0.3 is 319 Å². The van der Waals surface area contributed by atoms with Gasteiger partial charge in [-0.15, -0.1) is 0 Å². The summed E-state index contributed by atoms with van der Waals surface area (Å²) in [6.07, 6.45) is 60.0. The molecule has 298 valence electrons. The van der Waals surface area contributed by atoms with Crippen molar-refractivity contribution in [2.24, 2.45) is 0 Å². The molecule has 1 heteroatoms. The van der Waals surface area contributed by atoms with E-state index in [1.165, 1.54) is 205 Å². The zero-order valence-electron chi connectivity index (χ0n) is 35.6. The molecule has 0 amide bonds. The van der Waals surface area contributed by atoms with Gasteiger partial charge in [0.15, 0.2) is 0 Å². The maximum atomic E-state index is 2.34. The first kappa shape index (κ1) is 49.6. The molecule has 0 aromatic heterocycles. The van der Waals surface area contributed by atoms with Gasteiger partial charge in [-0.25, -0.2) is 0 Å². The van der Waals surface area contributed by atoms with E-state index in [2.05, 4.69) is 27.7 Å². The van der Waals surface area contributed by atoms with Crippen molar-refractivity contribution in [3.63, 3.8) is 0 Å². The van der Waals surface area contributed by atoms with Crippen molar-refractivity contribution in [3.05, 3.63) is 0 Å². The van der Waals surface area contributed by atoms with Crippen molar-refractivity contribution >= 4 is 13.6 Å². The van der Waals surface area contributed by atoms with E-state index in [0.29, 0.717) is 0 Å². The van der Waals surface area contributed by atoms with Gasteiger partial charge in [-0.05, 0) is 0 Å². The molecule has 0 aromatic rings. The molecule has 0 aliphatic rings. The fourth-order valence-electron chi connectivity index (χ4n) is 8.70. The van der Waals surface area contributed by atoms with E-state index >= 15 is 0 Å². The molecule has 0 N–H and O–H groups in total. The molecule has 0 aromatic carbocycles. The molecule has 0 rings (SSSR count). The molecule has 0 saturated carbocycles. The predicted octanol–water partition coefficient (Wildman–Crippen LogP) is 18.9. The van der Waals surface area contributed by atoms with E-state index in [4.69, 9.17) is 0 Å². The van der Waals surface area contributed by atoms with E-state index < -0.39 is 13.6 Å². The van der Waals surface area contributed by atoms with Crippen LogP contribution < -0.4 is 0 Å². The molecule has 0 fully saturated rings. The van der Waals surface area contributed by atoms with Crippen LogP contribution in [0, 0.1) is 0 Å². The van der Waals surface area contributed by atoms with E-state index in [1.54, 1.807) is 72.2 Å². The van der Waals surface area contributed by atoms with Crippen molar-refractivity contribution in [1.29, 1.82) is 0 Å². The number of rotatable bonds is 44. The predicted molar refractivity (Wildman–Crippen MR) is 234 cm³/mol. The van der Waals surface area contributed by atoms with Crippen LogP contribution in [0.1, 0.15) is 285 Å². The third kappa shape index (κ3) is 38.1. The Morgan fingerprint density at radius 3 is 0.429 bits per heavy atom. The zero-order chi connectivity index (χ0) is 35.6. The first-order chi connectivity index (χ1) is 24.2. The van der Waals surface area contributed by atoms with Crippen LogP contribution in [0.4, 0.5) is 0 Å². The Kier molecular flexibility index (Phi) is 43.5. The van der Waals surface area contributed by atoms with Crippen LogP contribution in [0.3, 0.4) is 0 Å². The Morgan fingerprint density at radius 2 is 0.286 bits per heavy atom. The third-order valence-corrected chi connectivity index (χ3v) is 24.1. The second-order valence-electron chi connectivity index (χ2n) is 17.2. The molecule has 0 saturated heterocycles. The standard InChI is InChI=1S/C48H101As/c1-5-9-13-17-21-25-29-33-37-41-45-49(46-42-38-34-30-26-22-18-14-10-6-2,47-43-39-35-31-27-23-19-15-11-7-3)48-44-40-36-32-28-24-20-16-12-8-4/h49H,5-48H2,1-4H3. The van der Waals surface area contributed by atoms with Gasteiger partial charge in [0, 0.05) is 0 Å². The molecule has 0 bridgehead atoms. The summed E-state index contributed by atoms with van der Waals surface area (Å²) < 4.78 is 0. The normalized spacial score (nSPS) is 12.3. The summed E-state index contributed by atoms with van der Waals surface area (Å²) >= 11 is -1.80. The average molecular weight is 753 g/mol. The van der Waals surface area contributed by atoms with Gasteiger partial charge in [0.05, 0.1) is 0 Å². The quantitative estimate of drug-likeness (QED) is 0.0429. The SMILES string of the molecule is CCCCCCCCCCCC[AsH](CCCCCCCCCCCC)(CCCCCCCCCCCC)CCCCCCCCCCCC. The minimum absolute atomic E-state index is 1.38. The van der Waals surface area contributed by atoms with Crippen molar-refractivity contribution in [2.75, 3.05) is 0 Å². The molecule has 0 radical (unpaired) electrons. The summed E-state index contributed by atoms with van der Waals surface area (Å²) in [6, 6.07) is 0. The molecule has 0 aliphatic carbocycles. The Balaban J connectivity index is 4.87. The van der Waals surface area contributed by atoms with Crippen LogP contribution in [0.5, 0.6) is 0 Å². The molecule has 49 heavy (non-hydrogen) atoms. The molecular formula is C48H101As. The topological polar surface area (TPSA) is 0 Å². The van der Waals surface area contributed by atoms with Crippen molar-refractivity contribution in [1.82, 2.24) is 0 Å². The van der Waals surface area contributed by atoms with Gasteiger partial charge in [0.1, 0.15) is 0 Å². The Hall–Kier alpha value is 0.558. The van der Waals surface area contributed by atoms with Crippen LogP contribution in [0.15, 0.2) is 0 Å². The molecule has 0 aliphatic heterocycles. The summed E-state index contributed by atoms with van der Waals surface area (Å²) in [4.78, 5) is 0. The minimum atomic E-state index is -1.80. The fourth-order valence-corrected chi connectivity index (χ4v) is 20.2. The van der Waals surface area contributed by atoms with Gasteiger partial charge in [0.25, 0.3) is 0 Å². The summed E-state index contributed by atoms with van der Waals surface area (Å²) in [5, 5.41) is 6.96. The van der Waals surface area contributed by atoms with Crippen LogP contribution >= 0.6 is 0 Å². The molecule has 0 nitrogen and oxygen atoms in total.